The Bertz CT molecular complexity index is 581. The number of carbonyl (C=O) groups excluding carboxylic acids is 1. The van der Waals surface area contributed by atoms with E-state index in [1.165, 1.54) is 0 Å². The fourth-order valence-electron chi connectivity index (χ4n) is 3.80. The summed E-state index contributed by atoms with van der Waals surface area (Å²) in [6.07, 6.45) is 2.13. The third-order valence-electron chi connectivity index (χ3n) is 5.41. The van der Waals surface area contributed by atoms with Gasteiger partial charge in [-0.1, -0.05) is 11.6 Å². The molecule has 1 aliphatic carbocycles. The van der Waals surface area contributed by atoms with E-state index < -0.39 is 0 Å². The van der Waals surface area contributed by atoms with Crippen molar-refractivity contribution in [2.45, 2.75) is 38.4 Å². The zero-order valence-corrected chi connectivity index (χ0v) is 13.8. The van der Waals surface area contributed by atoms with E-state index >= 15 is 0 Å². The summed E-state index contributed by atoms with van der Waals surface area (Å²) in [5, 5.41) is 10.8. The zero-order valence-electron chi connectivity index (χ0n) is 13.0. The maximum absolute atomic E-state index is 12.6. The maximum atomic E-state index is 12.6. The van der Waals surface area contributed by atoms with Crippen LogP contribution in [0.15, 0.2) is 18.2 Å². The van der Waals surface area contributed by atoms with Crippen molar-refractivity contribution >= 4 is 17.5 Å². The van der Waals surface area contributed by atoms with Crippen molar-refractivity contribution in [1.82, 2.24) is 4.90 Å². The predicted octanol–water partition coefficient (Wildman–Crippen LogP) is 2.65. The number of benzene rings is 1. The topological polar surface area (TPSA) is 49.8 Å². The van der Waals surface area contributed by atoms with E-state index in [1.807, 2.05) is 17.9 Å². The molecule has 2 atom stereocenters. The van der Waals surface area contributed by atoms with Crippen molar-refractivity contribution in [1.29, 1.82) is 0 Å². The van der Waals surface area contributed by atoms with Crippen LogP contribution in [0.25, 0.3) is 0 Å². The first-order valence-electron chi connectivity index (χ1n) is 7.74. The SMILES string of the molecule is CO[C@H]1C[C@@H](O)C12CCN(C(=O)c1ccc(Cl)c(C)c1)CC2. The number of aliphatic hydroxyl groups is 1. The van der Waals surface area contributed by atoms with Gasteiger partial charge in [0.15, 0.2) is 0 Å². The molecule has 22 heavy (non-hydrogen) atoms. The van der Waals surface area contributed by atoms with Gasteiger partial charge in [-0.25, -0.2) is 0 Å². The number of amides is 1. The Balaban J connectivity index is 1.68. The Morgan fingerprint density at radius 3 is 2.64 bits per heavy atom. The third kappa shape index (κ3) is 2.43. The van der Waals surface area contributed by atoms with Crippen LogP contribution in [0.5, 0.6) is 0 Å². The summed E-state index contributed by atoms with van der Waals surface area (Å²) >= 11 is 6.02. The molecule has 120 valence electrons. The minimum absolute atomic E-state index is 0.0393. The van der Waals surface area contributed by atoms with Crippen LogP contribution < -0.4 is 0 Å². The average molecular weight is 324 g/mol. The van der Waals surface area contributed by atoms with Gasteiger partial charge < -0.3 is 14.7 Å². The molecule has 0 aromatic heterocycles. The first-order valence-corrected chi connectivity index (χ1v) is 8.12. The van der Waals surface area contributed by atoms with Crippen molar-refractivity contribution in [2.24, 2.45) is 5.41 Å². The Morgan fingerprint density at radius 2 is 2.09 bits per heavy atom. The fraction of sp³-hybridized carbons (Fsp3) is 0.588. The molecule has 1 saturated heterocycles. The Labute approximate surface area is 136 Å². The minimum Gasteiger partial charge on any atom is -0.392 e. The monoisotopic (exact) mass is 323 g/mol. The van der Waals surface area contributed by atoms with Gasteiger partial charge in [-0.3, -0.25) is 4.79 Å². The second-order valence-electron chi connectivity index (χ2n) is 6.47. The van der Waals surface area contributed by atoms with Gasteiger partial charge in [-0.15, -0.1) is 0 Å². The number of halogens is 1. The highest BCUT2D eigenvalue weighted by Crippen LogP contribution is 2.50. The highest BCUT2D eigenvalue weighted by Gasteiger charge is 2.56. The van der Waals surface area contributed by atoms with Crippen LogP contribution in [0.2, 0.25) is 5.02 Å². The summed E-state index contributed by atoms with van der Waals surface area (Å²) in [4.78, 5) is 14.5. The summed E-state index contributed by atoms with van der Waals surface area (Å²) in [5.74, 6) is 0.0393. The number of ether oxygens (including phenoxy) is 1. The minimum atomic E-state index is -0.299. The van der Waals surface area contributed by atoms with Crippen LogP contribution >= 0.6 is 11.6 Å². The lowest BCUT2D eigenvalue weighted by atomic mass is 9.58. The Morgan fingerprint density at radius 1 is 1.41 bits per heavy atom. The molecule has 2 aliphatic rings. The van der Waals surface area contributed by atoms with Crippen LogP contribution in [-0.2, 0) is 4.74 Å². The summed E-state index contributed by atoms with van der Waals surface area (Å²) in [5.41, 5.74) is 1.44. The molecule has 1 spiro atoms. The van der Waals surface area contributed by atoms with Gasteiger partial charge >= 0.3 is 0 Å². The molecular weight excluding hydrogens is 302 g/mol. The van der Waals surface area contributed by atoms with Crippen LogP contribution in [0.4, 0.5) is 0 Å². The first-order chi connectivity index (χ1) is 10.5. The van der Waals surface area contributed by atoms with Gasteiger partial charge in [-0.2, -0.15) is 0 Å². The lowest BCUT2D eigenvalue weighted by molar-refractivity contribution is -0.199. The van der Waals surface area contributed by atoms with Crippen LogP contribution in [0, 0.1) is 12.3 Å². The molecule has 1 N–H and O–H groups in total. The van der Waals surface area contributed by atoms with E-state index in [1.54, 1.807) is 19.2 Å². The summed E-state index contributed by atoms with van der Waals surface area (Å²) in [7, 11) is 1.70. The molecular formula is C17H22ClNO3. The van der Waals surface area contributed by atoms with Crippen molar-refractivity contribution < 1.29 is 14.6 Å². The number of rotatable bonds is 2. The van der Waals surface area contributed by atoms with Crippen molar-refractivity contribution in [2.75, 3.05) is 20.2 Å². The lowest BCUT2D eigenvalue weighted by Gasteiger charge is -2.56. The van der Waals surface area contributed by atoms with Gasteiger partial charge in [0, 0.05) is 42.6 Å². The molecule has 4 nitrogen and oxygen atoms in total. The Hall–Kier alpha value is -1.10. The molecule has 1 aromatic carbocycles. The maximum Gasteiger partial charge on any atom is 0.253 e. The van der Waals surface area contributed by atoms with E-state index in [9.17, 15) is 9.90 Å². The third-order valence-corrected chi connectivity index (χ3v) is 5.84. The first kappa shape index (κ1) is 15.8. The van der Waals surface area contributed by atoms with Crippen molar-refractivity contribution in [3.05, 3.63) is 34.3 Å². The summed E-state index contributed by atoms with van der Waals surface area (Å²) in [6.45, 7) is 3.23. The molecule has 1 amide bonds. The molecule has 3 rings (SSSR count). The van der Waals surface area contributed by atoms with E-state index in [4.69, 9.17) is 16.3 Å². The highest BCUT2D eigenvalue weighted by atomic mass is 35.5. The lowest BCUT2D eigenvalue weighted by Crippen LogP contribution is -2.62. The number of piperidine rings is 1. The quantitative estimate of drug-likeness (QED) is 0.910. The number of hydrogen-bond acceptors (Lipinski definition) is 3. The van der Waals surface area contributed by atoms with Gasteiger partial charge in [0.1, 0.15) is 0 Å². The van der Waals surface area contributed by atoms with E-state index in [2.05, 4.69) is 0 Å². The van der Waals surface area contributed by atoms with Crippen LogP contribution in [0.1, 0.15) is 35.2 Å². The van der Waals surface area contributed by atoms with Gasteiger partial charge in [0.05, 0.1) is 12.2 Å². The summed E-state index contributed by atoms with van der Waals surface area (Å²) < 4.78 is 5.48. The van der Waals surface area contributed by atoms with Crippen LogP contribution in [-0.4, -0.2) is 48.3 Å². The van der Waals surface area contributed by atoms with Gasteiger partial charge in [-0.05, 0) is 43.5 Å². The van der Waals surface area contributed by atoms with E-state index in [0.29, 0.717) is 30.1 Å². The van der Waals surface area contributed by atoms with E-state index in [-0.39, 0.29) is 23.5 Å². The average Bonchev–Trinajstić information content (AvgIpc) is 2.54. The van der Waals surface area contributed by atoms with Crippen molar-refractivity contribution in [3.63, 3.8) is 0 Å². The van der Waals surface area contributed by atoms with Gasteiger partial charge in [0.2, 0.25) is 0 Å². The van der Waals surface area contributed by atoms with Gasteiger partial charge in [0.25, 0.3) is 5.91 Å². The molecule has 0 bridgehead atoms. The largest absolute Gasteiger partial charge is 0.392 e. The number of carbonyl (C=O) groups is 1. The second-order valence-corrected chi connectivity index (χ2v) is 6.87. The summed E-state index contributed by atoms with van der Waals surface area (Å²) in [6, 6.07) is 5.38. The number of aliphatic hydroxyl groups excluding tert-OH is 1. The molecule has 1 heterocycles. The molecule has 0 unspecified atom stereocenters. The Kier molecular flexibility index (Phi) is 4.19. The molecule has 1 saturated carbocycles. The number of likely N-dealkylation sites (tertiary alicyclic amines) is 1. The fourth-order valence-corrected chi connectivity index (χ4v) is 3.92. The normalized spacial score (nSPS) is 26.8. The highest BCUT2D eigenvalue weighted by molar-refractivity contribution is 6.31. The number of hydrogen-bond donors (Lipinski definition) is 1. The van der Waals surface area contributed by atoms with Crippen LogP contribution in [0.3, 0.4) is 0 Å². The second kappa shape index (κ2) is 5.84. The molecule has 0 radical (unpaired) electrons. The standard InChI is InChI=1S/C17H22ClNO3/c1-11-9-12(3-4-13(11)18)16(21)19-7-5-17(6-8-19)14(20)10-15(17)22-2/h3-4,9,14-15,20H,5-8,10H2,1-2H3/t14-,15+/m1/s1. The molecule has 5 heteroatoms. The number of nitrogens with zero attached hydrogens (tertiary/aromatic N) is 1. The van der Waals surface area contributed by atoms with E-state index in [0.717, 1.165) is 18.4 Å². The molecule has 1 aliphatic heterocycles. The molecule has 2 fully saturated rings. The smallest absolute Gasteiger partial charge is 0.253 e. The molecule has 1 aromatic rings. The zero-order chi connectivity index (χ0) is 15.9. The van der Waals surface area contributed by atoms with Crippen molar-refractivity contribution in [3.8, 4) is 0 Å². The number of aryl methyl sites for hydroxylation is 1. The number of methoxy groups -OCH3 is 1. The predicted molar refractivity (Wildman–Crippen MR) is 85.2 cm³/mol.